The lowest BCUT2D eigenvalue weighted by atomic mass is 10.3. The molecule has 2 rings (SSSR count). The van der Waals surface area contributed by atoms with E-state index in [2.05, 4.69) is 4.74 Å². The molecule has 2 aromatic rings. The summed E-state index contributed by atoms with van der Waals surface area (Å²) in [6, 6.07) is 8.80. The normalized spacial score (nSPS) is 12.7. The van der Waals surface area contributed by atoms with Crippen LogP contribution in [0, 0.1) is 0 Å². The second kappa shape index (κ2) is 6.99. The highest BCUT2D eigenvalue weighted by molar-refractivity contribution is 7.99. The molecule has 1 aromatic heterocycles. The van der Waals surface area contributed by atoms with Crippen LogP contribution in [-0.2, 0) is 0 Å². The minimum Gasteiger partial charge on any atom is -0.444 e. The molecule has 0 aliphatic rings. The molecule has 0 saturated heterocycles. The maximum atomic E-state index is 12.1. The van der Waals surface area contributed by atoms with Crippen LogP contribution in [0.1, 0.15) is 19.6 Å². The van der Waals surface area contributed by atoms with Crippen molar-refractivity contribution in [3.05, 3.63) is 42.2 Å². The van der Waals surface area contributed by atoms with Crippen molar-refractivity contribution < 1.29 is 32.3 Å². The van der Waals surface area contributed by atoms with Gasteiger partial charge >= 0.3 is 6.36 Å². The molecule has 0 fully saturated rings. The summed E-state index contributed by atoms with van der Waals surface area (Å²) >= 11 is 1.25. The Bertz CT molecular complexity index is 678. The minimum atomic E-state index is -4.70. The van der Waals surface area contributed by atoms with Crippen LogP contribution in [0.3, 0.4) is 0 Å². The average molecular weight is 346 g/mol. The molecule has 0 aliphatic heterocycles. The van der Waals surface area contributed by atoms with Crippen molar-refractivity contribution in [2.75, 3.05) is 0 Å². The van der Waals surface area contributed by atoms with E-state index in [9.17, 15) is 18.4 Å². The molecule has 8 heteroatoms. The third-order valence-corrected chi connectivity index (χ3v) is 3.59. The molecule has 0 atom stereocenters. The van der Waals surface area contributed by atoms with E-state index in [4.69, 9.17) is 4.42 Å². The number of hydrogen-bond acceptors (Lipinski definition) is 4. The largest absolute Gasteiger partial charge is 0.573 e. The van der Waals surface area contributed by atoms with Crippen LogP contribution in [0.4, 0.5) is 13.2 Å². The van der Waals surface area contributed by atoms with Gasteiger partial charge in [-0.05, 0) is 41.1 Å². The second-order valence-electron chi connectivity index (χ2n) is 4.88. The van der Waals surface area contributed by atoms with Crippen LogP contribution in [0.15, 0.2) is 50.8 Å². The molecule has 0 aliphatic carbocycles. The van der Waals surface area contributed by atoms with Crippen LogP contribution < -0.4 is 4.74 Å². The van der Waals surface area contributed by atoms with Crippen molar-refractivity contribution in [1.82, 2.24) is 0 Å². The Morgan fingerprint density at radius 2 is 1.83 bits per heavy atom. The molecule has 1 N–H and O–H groups in total. The van der Waals surface area contributed by atoms with Gasteiger partial charge in [0.1, 0.15) is 5.75 Å². The summed E-state index contributed by atoms with van der Waals surface area (Å²) in [7, 11) is 0. The van der Waals surface area contributed by atoms with Crippen molar-refractivity contribution in [3.8, 4) is 5.75 Å². The number of furan rings is 1. The summed E-state index contributed by atoms with van der Waals surface area (Å²) in [4.78, 5) is 0.699. The van der Waals surface area contributed by atoms with Crippen molar-refractivity contribution in [2.24, 2.45) is 0 Å². The highest BCUT2D eigenvalue weighted by Gasteiger charge is 2.30. The number of nitrogens with zero attached hydrogens (tertiary/aromatic N) is 1. The first-order valence-electron chi connectivity index (χ1n) is 6.68. The molecular weight excluding hydrogens is 331 g/mol. The summed E-state index contributed by atoms with van der Waals surface area (Å²) in [6.45, 7) is 3.64. The van der Waals surface area contributed by atoms with Crippen LogP contribution in [0.5, 0.6) is 5.75 Å². The molecule has 4 nitrogen and oxygen atoms in total. The van der Waals surface area contributed by atoms with Gasteiger partial charge in [-0.2, -0.15) is 0 Å². The van der Waals surface area contributed by atoms with Gasteiger partial charge in [0.05, 0.1) is 0 Å². The smallest absolute Gasteiger partial charge is 0.444 e. The number of rotatable bonds is 5. The number of ether oxygens (including phenoxy) is 1. The van der Waals surface area contributed by atoms with Crippen molar-refractivity contribution >= 4 is 18.0 Å². The fourth-order valence-electron chi connectivity index (χ4n) is 1.56. The lowest BCUT2D eigenvalue weighted by molar-refractivity contribution is -0.791. The first kappa shape index (κ1) is 17.3. The summed E-state index contributed by atoms with van der Waals surface area (Å²) < 4.78 is 46.6. The van der Waals surface area contributed by atoms with Gasteiger partial charge in [-0.15, -0.1) is 13.2 Å². The topological polar surface area (TPSA) is 45.6 Å². The van der Waals surface area contributed by atoms with E-state index in [1.165, 1.54) is 42.2 Å². The van der Waals surface area contributed by atoms with Crippen LogP contribution in [-0.4, -0.2) is 28.6 Å². The van der Waals surface area contributed by atoms with E-state index in [0.29, 0.717) is 15.7 Å². The Labute approximate surface area is 135 Å². The molecule has 1 heterocycles. The van der Waals surface area contributed by atoms with Crippen molar-refractivity contribution in [3.63, 3.8) is 0 Å². The van der Waals surface area contributed by atoms with Gasteiger partial charge in [-0.3, -0.25) is 5.21 Å². The van der Waals surface area contributed by atoms with Crippen LogP contribution in [0.25, 0.3) is 0 Å². The predicted octanol–water partition coefficient (Wildman–Crippen LogP) is 4.56. The third kappa shape index (κ3) is 5.55. The SMILES string of the molecule is CC(C)/[N+](O)=C/c1ccc(Sc2ccc(OC(F)(F)F)cc2)o1. The lowest BCUT2D eigenvalue weighted by Gasteiger charge is -2.08. The van der Waals surface area contributed by atoms with Crippen LogP contribution in [0.2, 0.25) is 0 Å². The Hall–Kier alpha value is -2.09. The highest BCUT2D eigenvalue weighted by atomic mass is 32.2. The maximum absolute atomic E-state index is 12.1. The molecule has 0 saturated carbocycles. The number of halogens is 3. The lowest BCUT2D eigenvalue weighted by Crippen LogP contribution is -2.17. The average Bonchev–Trinajstić information content (AvgIpc) is 2.86. The molecule has 0 unspecified atom stereocenters. The number of hydrogen-bond donors (Lipinski definition) is 1. The molecule has 0 amide bonds. The monoisotopic (exact) mass is 346 g/mol. The fraction of sp³-hybridized carbons (Fsp3) is 0.267. The molecular formula is C15H15F3NO3S+. The zero-order valence-electron chi connectivity index (χ0n) is 12.4. The summed E-state index contributed by atoms with van der Waals surface area (Å²) in [6.07, 6.45) is -3.25. The van der Waals surface area contributed by atoms with Crippen molar-refractivity contribution in [2.45, 2.75) is 36.2 Å². The van der Waals surface area contributed by atoms with Gasteiger partial charge in [0.25, 0.3) is 6.21 Å². The Balaban J connectivity index is 2.03. The number of alkyl halides is 3. The van der Waals surface area contributed by atoms with E-state index in [1.54, 1.807) is 12.1 Å². The van der Waals surface area contributed by atoms with E-state index in [1.807, 2.05) is 13.8 Å². The van der Waals surface area contributed by atoms with Gasteiger partial charge in [0.15, 0.2) is 16.9 Å². The van der Waals surface area contributed by atoms with E-state index in [0.717, 1.165) is 4.74 Å². The maximum Gasteiger partial charge on any atom is 0.573 e. The Morgan fingerprint density at radius 1 is 1.17 bits per heavy atom. The molecule has 23 heavy (non-hydrogen) atoms. The van der Waals surface area contributed by atoms with E-state index >= 15 is 0 Å². The van der Waals surface area contributed by atoms with E-state index in [-0.39, 0.29) is 11.8 Å². The Morgan fingerprint density at radius 3 is 2.39 bits per heavy atom. The standard InChI is InChI=1S/C15H15F3NO3S/c1-10(2)19(20)9-12-5-8-14(21-12)23-13-6-3-11(4-7-13)22-15(16,17)18/h3-10,20H,1-2H3/q+1/b19-9-. The molecule has 0 radical (unpaired) electrons. The van der Waals surface area contributed by atoms with E-state index < -0.39 is 6.36 Å². The first-order chi connectivity index (χ1) is 10.7. The van der Waals surface area contributed by atoms with Gasteiger partial charge in [0, 0.05) is 18.7 Å². The highest BCUT2D eigenvalue weighted by Crippen LogP contribution is 2.31. The Kier molecular flexibility index (Phi) is 5.25. The zero-order chi connectivity index (χ0) is 17.0. The van der Waals surface area contributed by atoms with Crippen LogP contribution >= 0.6 is 11.8 Å². The predicted molar refractivity (Wildman–Crippen MR) is 78.3 cm³/mol. The third-order valence-electron chi connectivity index (χ3n) is 2.67. The summed E-state index contributed by atoms with van der Waals surface area (Å²) in [5.74, 6) is 0.198. The summed E-state index contributed by atoms with van der Waals surface area (Å²) in [5, 5.41) is 10.2. The number of hydroxylamine groups is 1. The van der Waals surface area contributed by atoms with Gasteiger partial charge in [-0.1, -0.05) is 11.8 Å². The molecule has 0 bridgehead atoms. The molecule has 124 valence electrons. The van der Waals surface area contributed by atoms with Gasteiger partial charge in [0.2, 0.25) is 0 Å². The first-order valence-corrected chi connectivity index (χ1v) is 7.50. The minimum absolute atomic E-state index is 0.0858. The van der Waals surface area contributed by atoms with Gasteiger partial charge in [-0.25, -0.2) is 0 Å². The molecule has 0 spiro atoms. The summed E-state index contributed by atoms with van der Waals surface area (Å²) in [5.41, 5.74) is 0. The zero-order valence-corrected chi connectivity index (χ0v) is 13.2. The van der Waals surface area contributed by atoms with Gasteiger partial charge < -0.3 is 9.15 Å². The quantitative estimate of drug-likeness (QED) is 0.373. The fourth-order valence-corrected chi connectivity index (χ4v) is 2.34. The molecule has 1 aromatic carbocycles. The number of benzene rings is 1. The second-order valence-corrected chi connectivity index (χ2v) is 5.96. The van der Waals surface area contributed by atoms with Crippen molar-refractivity contribution in [1.29, 1.82) is 0 Å².